The van der Waals surface area contributed by atoms with E-state index in [0.717, 1.165) is 11.5 Å². The van der Waals surface area contributed by atoms with E-state index in [1.54, 1.807) is 0 Å². The Bertz CT molecular complexity index is 646. The van der Waals surface area contributed by atoms with Gasteiger partial charge in [0.2, 0.25) is 0 Å². The number of ether oxygens (including phenoxy) is 2. The van der Waals surface area contributed by atoms with Crippen molar-refractivity contribution in [1.29, 1.82) is 0 Å². The summed E-state index contributed by atoms with van der Waals surface area (Å²) in [5.41, 5.74) is 4.98. The predicted molar refractivity (Wildman–Crippen MR) is 90.6 cm³/mol. The van der Waals surface area contributed by atoms with Crippen molar-refractivity contribution >= 4 is 0 Å². The minimum atomic E-state index is 0.374. The largest absolute Gasteiger partial charge is 0.481 e. The van der Waals surface area contributed by atoms with Crippen LogP contribution in [0.5, 0.6) is 11.5 Å². The van der Waals surface area contributed by atoms with Crippen LogP contribution in [0, 0.1) is 39.5 Å². The van der Waals surface area contributed by atoms with Crippen LogP contribution in [0.25, 0.3) is 0 Å². The van der Waals surface area contributed by atoms with Crippen LogP contribution in [0.15, 0.2) is 36.4 Å². The molecule has 0 fully saturated rings. The van der Waals surface area contributed by atoms with Gasteiger partial charge in [0.15, 0.2) is 0 Å². The zero-order chi connectivity index (χ0) is 15.9. The Kier molecular flexibility index (Phi) is 5.49. The van der Waals surface area contributed by atoms with Crippen LogP contribution in [0.3, 0.4) is 0 Å². The minimum Gasteiger partial charge on any atom is -0.481 e. The third-order valence-electron chi connectivity index (χ3n) is 3.70. The maximum atomic E-state index is 5.60. The predicted octanol–water partition coefficient (Wildman–Crippen LogP) is 4.38. The van der Waals surface area contributed by atoms with Crippen molar-refractivity contribution in [3.63, 3.8) is 0 Å². The van der Waals surface area contributed by atoms with Crippen molar-refractivity contribution in [2.24, 2.45) is 0 Å². The monoisotopic (exact) mass is 294 g/mol. The lowest BCUT2D eigenvalue weighted by atomic mass is 10.1. The highest BCUT2D eigenvalue weighted by molar-refractivity contribution is 5.35. The summed E-state index contributed by atoms with van der Waals surface area (Å²) in [6, 6.07) is 12.1. The fourth-order valence-electron chi connectivity index (χ4n) is 1.95. The molecule has 0 saturated heterocycles. The quantitative estimate of drug-likeness (QED) is 0.779. The molecular weight excluding hydrogens is 272 g/mol. The molecule has 2 rings (SSSR count). The van der Waals surface area contributed by atoms with Gasteiger partial charge >= 0.3 is 0 Å². The first-order valence-electron chi connectivity index (χ1n) is 7.42. The number of aryl methyl sites for hydroxylation is 4. The van der Waals surface area contributed by atoms with Gasteiger partial charge in [-0.2, -0.15) is 0 Å². The molecule has 0 atom stereocenters. The van der Waals surface area contributed by atoms with Crippen molar-refractivity contribution in [2.75, 3.05) is 13.2 Å². The Morgan fingerprint density at radius 1 is 0.636 bits per heavy atom. The maximum Gasteiger partial charge on any atom is 0.149 e. The van der Waals surface area contributed by atoms with Crippen molar-refractivity contribution in [1.82, 2.24) is 0 Å². The minimum absolute atomic E-state index is 0.374. The molecule has 0 aromatic heterocycles. The van der Waals surface area contributed by atoms with Gasteiger partial charge in [0, 0.05) is 0 Å². The average molecular weight is 294 g/mol. The van der Waals surface area contributed by atoms with E-state index in [9.17, 15) is 0 Å². The van der Waals surface area contributed by atoms with Crippen LogP contribution in [0.4, 0.5) is 0 Å². The highest BCUT2D eigenvalue weighted by atomic mass is 16.5. The van der Waals surface area contributed by atoms with Crippen LogP contribution in [-0.4, -0.2) is 13.2 Å². The number of hydrogen-bond donors (Lipinski definition) is 0. The first-order chi connectivity index (χ1) is 10.6. The molecule has 0 aliphatic carbocycles. The molecule has 114 valence electrons. The van der Waals surface area contributed by atoms with Crippen LogP contribution in [-0.2, 0) is 0 Å². The molecule has 0 aliphatic heterocycles. The summed E-state index contributed by atoms with van der Waals surface area (Å²) in [4.78, 5) is 0. The van der Waals surface area contributed by atoms with Gasteiger partial charge in [-0.3, -0.25) is 0 Å². The van der Waals surface area contributed by atoms with Gasteiger partial charge in [-0.15, -0.1) is 0 Å². The summed E-state index contributed by atoms with van der Waals surface area (Å²) in [5.74, 6) is 7.64. The molecule has 0 radical (unpaired) electrons. The second kappa shape index (κ2) is 7.56. The fourth-order valence-corrected chi connectivity index (χ4v) is 1.95. The van der Waals surface area contributed by atoms with Crippen LogP contribution >= 0.6 is 0 Å². The molecule has 2 heteroatoms. The first-order valence-corrected chi connectivity index (χ1v) is 7.42. The lowest BCUT2D eigenvalue weighted by molar-refractivity contribution is 0.362. The second-order valence-corrected chi connectivity index (χ2v) is 5.42. The van der Waals surface area contributed by atoms with Gasteiger partial charge in [-0.1, -0.05) is 24.0 Å². The van der Waals surface area contributed by atoms with E-state index in [2.05, 4.69) is 51.7 Å². The normalized spacial score (nSPS) is 9.82. The van der Waals surface area contributed by atoms with Gasteiger partial charge in [-0.05, 0) is 74.2 Å². The summed E-state index contributed by atoms with van der Waals surface area (Å²) in [6.45, 7) is 9.07. The van der Waals surface area contributed by atoms with E-state index < -0.39 is 0 Å². The highest BCUT2D eigenvalue weighted by Crippen LogP contribution is 2.17. The van der Waals surface area contributed by atoms with Crippen LogP contribution in [0.1, 0.15) is 22.3 Å². The molecule has 0 heterocycles. The fraction of sp³-hybridized carbons (Fsp3) is 0.300. The SMILES string of the molecule is Cc1ccc(OCC#CCOc2ccc(C)c(C)c2)cc1C. The Morgan fingerprint density at radius 2 is 1.05 bits per heavy atom. The van der Waals surface area contributed by atoms with Crippen molar-refractivity contribution in [3.8, 4) is 23.3 Å². The number of rotatable bonds is 4. The van der Waals surface area contributed by atoms with Crippen molar-refractivity contribution < 1.29 is 9.47 Å². The molecule has 0 spiro atoms. The lowest BCUT2D eigenvalue weighted by Gasteiger charge is -2.05. The molecule has 0 saturated carbocycles. The maximum absolute atomic E-state index is 5.60. The van der Waals surface area contributed by atoms with E-state index >= 15 is 0 Å². The molecule has 2 aromatic carbocycles. The van der Waals surface area contributed by atoms with Crippen LogP contribution < -0.4 is 9.47 Å². The van der Waals surface area contributed by atoms with Crippen molar-refractivity contribution in [3.05, 3.63) is 58.7 Å². The highest BCUT2D eigenvalue weighted by Gasteiger charge is 1.97. The zero-order valence-electron chi connectivity index (χ0n) is 13.7. The molecule has 22 heavy (non-hydrogen) atoms. The Labute approximate surface area is 133 Å². The summed E-state index contributed by atoms with van der Waals surface area (Å²) in [5, 5.41) is 0. The summed E-state index contributed by atoms with van der Waals surface area (Å²) in [7, 11) is 0. The first kappa shape index (κ1) is 16.0. The molecule has 0 aliphatic rings. The summed E-state index contributed by atoms with van der Waals surface area (Å²) in [6.07, 6.45) is 0. The van der Waals surface area contributed by atoms with Crippen molar-refractivity contribution in [2.45, 2.75) is 27.7 Å². The Balaban J connectivity index is 1.77. The van der Waals surface area contributed by atoms with E-state index in [4.69, 9.17) is 9.47 Å². The topological polar surface area (TPSA) is 18.5 Å². The smallest absolute Gasteiger partial charge is 0.149 e. The van der Waals surface area contributed by atoms with Crippen LogP contribution in [0.2, 0.25) is 0 Å². The molecular formula is C20H22O2. The van der Waals surface area contributed by atoms with Gasteiger partial charge < -0.3 is 9.47 Å². The number of hydrogen-bond acceptors (Lipinski definition) is 2. The average Bonchev–Trinajstić information content (AvgIpc) is 2.50. The molecule has 0 bridgehead atoms. The second-order valence-electron chi connectivity index (χ2n) is 5.42. The Morgan fingerprint density at radius 3 is 1.41 bits per heavy atom. The third kappa shape index (κ3) is 4.56. The van der Waals surface area contributed by atoms with E-state index in [0.29, 0.717) is 13.2 Å². The molecule has 0 amide bonds. The molecule has 0 unspecified atom stereocenters. The van der Waals surface area contributed by atoms with E-state index in [1.165, 1.54) is 22.3 Å². The van der Waals surface area contributed by atoms with E-state index in [1.807, 2.05) is 24.3 Å². The van der Waals surface area contributed by atoms with Gasteiger partial charge in [0.1, 0.15) is 24.7 Å². The summed E-state index contributed by atoms with van der Waals surface area (Å²) < 4.78 is 11.2. The summed E-state index contributed by atoms with van der Waals surface area (Å²) >= 11 is 0. The van der Waals surface area contributed by atoms with E-state index in [-0.39, 0.29) is 0 Å². The molecule has 2 aromatic rings. The Hall–Kier alpha value is -2.40. The molecule has 0 N–H and O–H groups in total. The van der Waals surface area contributed by atoms with Gasteiger partial charge in [0.25, 0.3) is 0 Å². The lowest BCUT2D eigenvalue weighted by Crippen LogP contribution is -1.98. The van der Waals surface area contributed by atoms with Gasteiger partial charge in [-0.25, -0.2) is 0 Å². The third-order valence-corrected chi connectivity index (χ3v) is 3.70. The standard InChI is InChI=1S/C20H22O2/c1-15-7-9-19(13-17(15)3)21-11-5-6-12-22-20-10-8-16(2)18(4)14-20/h7-10,13-14H,11-12H2,1-4H3. The molecule has 2 nitrogen and oxygen atoms in total. The van der Waals surface area contributed by atoms with Gasteiger partial charge in [0.05, 0.1) is 0 Å². The number of benzene rings is 2. The zero-order valence-corrected chi connectivity index (χ0v) is 13.7.